The number of aromatic nitrogens is 1. The van der Waals surface area contributed by atoms with E-state index >= 15 is 0 Å². The minimum atomic E-state index is -0.300. The second kappa shape index (κ2) is 7.27. The lowest BCUT2D eigenvalue weighted by Gasteiger charge is -2.06. The fourth-order valence-corrected chi connectivity index (χ4v) is 2.14. The first-order valence-electron chi connectivity index (χ1n) is 6.31. The van der Waals surface area contributed by atoms with Gasteiger partial charge in [0.25, 0.3) is 5.91 Å². The van der Waals surface area contributed by atoms with Gasteiger partial charge < -0.3 is 5.32 Å². The van der Waals surface area contributed by atoms with E-state index in [9.17, 15) is 4.79 Å². The molecule has 0 spiro atoms. The van der Waals surface area contributed by atoms with Crippen LogP contribution < -0.4 is 5.32 Å². The molecule has 0 bridgehead atoms. The van der Waals surface area contributed by atoms with Gasteiger partial charge in [-0.3, -0.25) is 4.79 Å². The van der Waals surface area contributed by atoms with Crippen molar-refractivity contribution in [2.24, 2.45) is 0 Å². The van der Waals surface area contributed by atoms with Crippen molar-refractivity contribution >= 4 is 29.1 Å². The third kappa shape index (κ3) is 4.22. The molecule has 0 saturated heterocycles. The van der Waals surface area contributed by atoms with Crippen LogP contribution in [0.5, 0.6) is 0 Å². The van der Waals surface area contributed by atoms with E-state index in [1.165, 1.54) is 5.56 Å². The molecule has 5 heteroatoms. The topological polar surface area (TPSA) is 42.0 Å². The van der Waals surface area contributed by atoms with E-state index in [1.807, 2.05) is 18.2 Å². The van der Waals surface area contributed by atoms with Gasteiger partial charge in [-0.2, -0.15) is 0 Å². The Morgan fingerprint density at radius 3 is 2.60 bits per heavy atom. The maximum atomic E-state index is 11.9. The van der Waals surface area contributed by atoms with Crippen molar-refractivity contribution in [1.82, 2.24) is 10.3 Å². The minimum Gasteiger partial charge on any atom is -0.351 e. The van der Waals surface area contributed by atoms with E-state index < -0.39 is 0 Å². The molecule has 1 aromatic heterocycles. The molecule has 1 heterocycles. The minimum absolute atomic E-state index is 0.166. The van der Waals surface area contributed by atoms with Gasteiger partial charge >= 0.3 is 0 Å². The average Bonchev–Trinajstić information content (AvgIpc) is 2.47. The van der Waals surface area contributed by atoms with E-state index in [0.29, 0.717) is 11.6 Å². The van der Waals surface area contributed by atoms with E-state index in [1.54, 1.807) is 12.1 Å². The Kier molecular flexibility index (Phi) is 5.39. The highest BCUT2D eigenvalue weighted by Gasteiger charge is 2.12. The second-order valence-corrected chi connectivity index (χ2v) is 5.10. The predicted octanol–water partition coefficient (Wildman–Crippen LogP) is 3.75. The number of aryl methyl sites for hydroxylation is 1. The van der Waals surface area contributed by atoms with Gasteiger partial charge in [0.05, 0.1) is 5.02 Å². The van der Waals surface area contributed by atoms with Crippen molar-refractivity contribution in [3.63, 3.8) is 0 Å². The number of nitrogens with one attached hydrogen (secondary N) is 1. The number of rotatable bonds is 5. The number of halogens is 2. The van der Waals surface area contributed by atoms with Crippen LogP contribution in [0.1, 0.15) is 22.5 Å². The monoisotopic (exact) mass is 308 g/mol. The van der Waals surface area contributed by atoms with E-state index in [-0.39, 0.29) is 16.8 Å². The highest BCUT2D eigenvalue weighted by Crippen LogP contribution is 2.16. The Morgan fingerprint density at radius 1 is 1.10 bits per heavy atom. The Morgan fingerprint density at radius 2 is 1.85 bits per heavy atom. The van der Waals surface area contributed by atoms with Crippen LogP contribution in [0.15, 0.2) is 42.5 Å². The van der Waals surface area contributed by atoms with Gasteiger partial charge in [0, 0.05) is 6.54 Å². The summed E-state index contributed by atoms with van der Waals surface area (Å²) >= 11 is 11.7. The quantitative estimate of drug-likeness (QED) is 0.675. The van der Waals surface area contributed by atoms with Crippen LogP contribution >= 0.6 is 23.2 Å². The second-order valence-electron chi connectivity index (χ2n) is 4.31. The highest BCUT2D eigenvalue weighted by atomic mass is 35.5. The number of nitrogens with zero attached hydrogens (tertiary/aromatic N) is 1. The van der Waals surface area contributed by atoms with Gasteiger partial charge in [0.2, 0.25) is 0 Å². The van der Waals surface area contributed by atoms with Gasteiger partial charge in [-0.05, 0) is 30.5 Å². The summed E-state index contributed by atoms with van der Waals surface area (Å²) in [6.07, 6.45) is 1.77. The van der Waals surface area contributed by atoms with Crippen molar-refractivity contribution in [3.8, 4) is 0 Å². The maximum Gasteiger partial charge on any atom is 0.271 e. The number of carbonyl (C=O) groups is 1. The molecule has 0 aliphatic rings. The molecule has 0 aliphatic carbocycles. The predicted molar refractivity (Wildman–Crippen MR) is 81.4 cm³/mol. The Hall–Kier alpha value is -1.58. The number of hydrogen-bond donors (Lipinski definition) is 1. The Balaban J connectivity index is 1.82. The molecule has 0 radical (unpaired) electrons. The lowest BCUT2D eigenvalue weighted by molar-refractivity contribution is 0.0948. The normalized spacial score (nSPS) is 10.3. The summed E-state index contributed by atoms with van der Waals surface area (Å²) in [5, 5.41) is 3.35. The summed E-state index contributed by atoms with van der Waals surface area (Å²) in [7, 11) is 0. The molecular weight excluding hydrogens is 295 g/mol. The maximum absolute atomic E-state index is 11.9. The zero-order valence-corrected chi connectivity index (χ0v) is 12.3. The molecule has 2 rings (SSSR count). The number of amides is 1. The smallest absolute Gasteiger partial charge is 0.271 e. The highest BCUT2D eigenvalue weighted by molar-refractivity contribution is 6.34. The van der Waals surface area contributed by atoms with Gasteiger partial charge in [0.15, 0.2) is 0 Å². The Bertz CT molecular complexity index is 588. The molecule has 0 atom stereocenters. The van der Waals surface area contributed by atoms with Gasteiger partial charge in [-0.1, -0.05) is 53.5 Å². The lowest BCUT2D eigenvalue weighted by atomic mass is 10.1. The third-order valence-electron chi connectivity index (χ3n) is 2.80. The van der Waals surface area contributed by atoms with E-state index in [4.69, 9.17) is 23.2 Å². The van der Waals surface area contributed by atoms with Crippen molar-refractivity contribution in [2.75, 3.05) is 6.54 Å². The van der Waals surface area contributed by atoms with Crippen LogP contribution in [0, 0.1) is 0 Å². The van der Waals surface area contributed by atoms with Crippen molar-refractivity contribution < 1.29 is 4.79 Å². The fraction of sp³-hybridized carbons (Fsp3) is 0.200. The summed E-state index contributed by atoms with van der Waals surface area (Å²) in [6, 6.07) is 13.2. The third-order valence-corrected chi connectivity index (χ3v) is 3.31. The van der Waals surface area contributed by atoms with Crippen molar-refractivity contribution in [3.05, 3.63) is 63.9 Å². The molecule has 1 amide bonds. The van der Waals surface area contributed by atoms with Crippen molar-refractivity contribution in [2.45, 2.75) is 12.8 Å². The standard InChI is InChI=1S/C15H14Cl2N2O/c16-12-8-9-13(17)19-14(12)15(20)18-10-4-7-11-5-2-1-3-6-11/h1-3,5-6,8-9H,4,7,10H2,(H,18,20). The number of pyridine rings is 1. The van der Waals surface area contributed by atoms with Crippen LogP contribution in [0.3, 0.4) is 0 Å². The first-order chi connectivity index (χ1) is 9.66. The zero-order valence-electron chi connectivity index (χ0n) is 10.8. The summed E-state index contributed by atoms with van der Waals surface area (Å²) < 4.78 is 0. The SMILES string of the molecule is O=C(NCCCc1ccccc1)c1nc(Cl)ccc1Cl. The van der Waals surface area contributed by atoms with Crippen molar-refractivity contribution in [1.29, 1.82) is 0 Å². The molecule has 1 N–H and O–H groups in total. The van der Waals surface area contributed by atoms with Crippen LogP contribution in [-0.4, -0.2) is 17.4 Å². The van der Waals surface area contributed by atoms with Crippen LogP contribution in [0.4, 0.5) is 0 Å². The van der Waals surface area contributed by atoms with Crippen LogP contribution in [0.2, 0.25) is 10.2 Å². The summed E-state index contributed by atoms with van der Waals surface area (Å²) in [5.74, 6) is -0.300. The summed E-state index contributed by atoms with van der Waals surface area (Å²) in [6.45, 7) is 0.568. The molecule has 0 fully saturated rings. The molecular formula is C15H14Cl2N2O. The molecule has 2 aromatic rings. The number of hydrogen-bond acceptors (Lipinski definition) is 2. The largest absolute Gasteiger partial charge is 0.351 e. The lowest BCUT2D eigenvalue weighted by Crippen LogP contribution is -2.26. The van der Waals surface area contributed by atoms with Gasteiger partial charge in [0.1, 0.15) is 10.8 Å². The molecule has 1 aromatic carbocycles. The number of benzene rings is 1. The summed E-state index contributed by atoms with van der Waals surface area (Å²) in [5.41, 5.74) is 1.42. The molecule has 20 heavy (non-hydrogen) atoms. The summed E-state index contributed by atoms with van der Waals surface area (Å²) in [4.78, 5) is 15.8. The van der Waals surface area contributed by atoms with Gasteiger partial charge in [-0.15, -0.1) is 0 Å². The van der Waals surface area contributed by atoms with E-state index in [0.717, 1.165) is 12.8 Å². The molecule has 0 aliphatic heterocycles. The molecule has 0 unspecified atom stereocenters. The molecule has 3 nitrogen and oxygen atoms in total. The number of carbonyl (C=O) groups excluding carboxylic acids is 1. The average molecular weight is 309 g/mol. The van der Waals surface area contributed by atoms with Gasteiger partial charge in [-0.25, -0.2) is 4.98 Å². The first-order valence-corrected chi connectivity index (χ1v) is 7.06. The van der Waals surface area contributed by atoms with Crippen LogP contribution in [-0.2, 0) is 6.42 Å². The fourth-order valence-electron chi connectivity index (χ4n) is 1.80. The Labute approximate surface area is 127 Å². The molecule has 0 saturated carbocycles. The molecule has 104 valence electrons. The van der Waals surface area contributed by atoms with E-state index in [2.05, 4.69) is 22.4 Å². The zero-order chi connectivity index (χ0) is 14.4. The first kappa shape index (κ1) is 14.8. The van der Waals surface area contributed by atoms with Crippen LogP contribution in [0.25, 0.3) is 0 Å².